The van der Waals surface area contributed by atoms with Gasteiger partial charge in [0.15, 0.2) is 5.82 Å². The summed E-state index contributed by atoms with van der Waals surface area (Å²) >= 11 is 0. The first-order valence-corrected chi connectivity index (χ1v) is 5.96. The number of hydrogen-bond donors (Lipinski definition) is 1. The van der Waals surface area contributed by atoms with Crippen molar-refractivity contribution < 1.29 is 14.4 Å². The Labute approximate surface area is 99.6 Å². The number of aromatic nitrogens is 2. The SMILES string of the molecule is CCCc1noc(CCC(=O)N2CC(O)C2)n1. The van der Waals surface area contributed by atoms with Crippen LogP contribution in [0.3, 0.4) is 0 Å². The normalized spacial score (nSPS) is 16.0. The van der Waals surface area contributed by atoms with Gasteiger partial charge < -0.3 is 14.5 Å². The van der Waals surface area contributed by atoms with Gasteiger partial charge in [-0.1, -0.05) is 12.1 Å². The van der Waals surface area contributed by atoms with Crippen LogP contribution >= 0.6 is 0 Å². The molecule has 94 valence electrons. The van der Waals surface area contributed by atoms with Crippen LogP contribution in [0.1, 0.15) is 31.5 Å². The van der Waals surface area contributed by atoms with Crippen molar-refractivity contribution in [2.75, 3.05) is 13.1 Å². The Balaban J connectivity index is 1.75. The molecule has 1 fully saturated rings. The number of rotatable bonds is 5. The lowest BCUT2D eigenvalue weighted by molar-refractivity contribution is -0.141. The highest BCUT2D eigenvalue weighted by molar-refractivity contribution is 5.77. The molecule has 0 aliphatic carbocycles. The zero-order valence-electron chi connectivity index (χ0n) is 9.93. The number of aliphatic hydroxyl groups is 1. The van der Waals surface area contributed by atoms with Crippen LogP contribution in [-0.2, 0) is 17.6 Å². The highest BCUT2D eigenvalue weighted by Gasteiger charge is 2.28. The Kier molecular flexibility index (Phi) is 3.73. The molecule has 1 aliphatic rings. The maximum absolute atomic E-state index is 11.6. The van der Waals surface area contributed by atoms with Crippen LogP contribution < -0.4 is 0 Å². The number of aryl methyl sites for hydroxylation is 2. The second kappa shape index (κ2) is 5.27. The zero-order chi connectivity index (χ0) is 12.3. The monoisotopic (exact) mass is 239 g/mol. The van der Waals surface area contributed by atoms with Crippen molar-refractivity contribution in [1.82, 2.24) is 15.0 Å². The summed E-state index contributed by atoms with van der Waals surface area (Å²) in [5.41, 5.74) is 0. The second-order valence-corrected chi connectivity index (χ2v) is 4.31. The fraction of sp³-hybridized carbons (Fsp3) is 0.727. The number of likely N-dealkylation sites (tertiary alicyclic amines) is 1. The van der Waals surface area contributed by atoms with E-state index in [4.69, 9.17) is 9.63 Å². The molecule has 1 amide bonds. The molecule has 0 spiro atoms. The molecule has 0 unspecified atom stereocenters. The number of carbonyl (C=O) groups excluding carboxylic acids is 1. The van der Waals surface area contributed by atoms with Crippen molar-refractivity contribution in [3.63, 3.8) is 0 Å². The standard InChI is InChI=1S/C11H17N3O3/c1-2-3-9-12-10(17-13-9)4-5-11(16)14-6-8(15)7-14/h8,15H,2-7H2,1H3. The molecule has 1 N–H and O–H groups in total. The number of β-amino-alcohol motifs (C(OH)–C–C–N with tert-alkyl or cyclic N) is 1. The first-order chi connectivity index (χ1) is 8.19. The van der Waals surface area contributed by atoms with Gasteiger partial charge in [-0.15, -0.1) is 0 Å². The molecule has 17 heavy (non-hydrogen) atoms. The van der Waals surface area contributed by atoms with Crippen LogP contribution in [0, 0.1) is 0 Å². The van der Waals surface area contributed by atoms with Crippen molar-refractivity contribution in [1.29, 1.82) is 0 Å². The molecule has 2 rings (SSSR count). The third-order valence-corrected chi connectivity index (χ3v) is 2.75. The fourth-order valence-corrected chi connectivity index (χ4v) is 1.75. The molecule has 0 bridgehead atoms. The van der Waals surface area contributed by atoms with Crippen LogP contribution in [0.25, 0.3) is 0 Å². The topological polar surface area (TPSA) is 79.5 Å². The van der Waals surface area contributed by atoms with Crippen molar-refractivity contribution in [2.24, 2.45) is 0 Å². The van der Waals surface area contributed by atoms with Crippen LogP contribution in [-0.4, -0.2) is 45.2 Å². The van der Waals surface area contributed by atoms with E-state index in [1.54, 1.807) is 4.90 Å². The number of hydrogen-bond acceptors (Lipinski definition) is 5. The van der Waals surface area contributed by atoms with Gasteiger partial charge in [-0.25, -0.2) is 0 Å². The quantitative estimate of drug-likeness (QED) is 0.791. The summed E-state index contributed by atoms with van der Waals surface area (Å²) in [6.07, 6.45) is 2.26. The van der Waals surface area contributed by atoms with Crippen molar-refractivity contribution >= 4 is 5.91 Å². The summed E-state index contributed by atoms with van der Waals surface area (Å²) < 4.78 is 5.04. The van der Waals surface area contributed by atoms with Crippen molar-refractivity contribution in [2.45, 2.75) is 38.7 Å². The lowest BCUT2D eigenvalue weighted by Gasteiger charge is -2.35. The molecule has 1 saturated heterocycles. The average Bonchev–Trinajstić information content (AvgIpc) is 2.70. The minimum absolute atomic E-state index is 0.0329. The minimum Gasteiger partial charge on any atom is -0.389 e. The van der Waals surface area contributed by atoms with E-state index in [1.807, 2.05) is 0 Å². The predicted molar refractivity (Wildman–Crippen MR) is 59.2 cm³/mol. The van der Waals surface area contributed by atoms with Gasteiger partial charge in [-0.3, -0.25) is 4.79 Å². The number of nitrogens with zero attached hydrogens (tertiary/aromatic N) is 3. The third kappa shape index (κ3) is 3.03. The van der Waals surface area contributed by atoms with E-state index in [2.05, 4.69) is 17.1 Å². The molecule has 1 aliphatic heterocycles. The molecule has 6 nitrogen and oxygen atoms in total. The first kappa shape index (κ1) is 12.0. The largest absolute Gasteiger partial charge is 0.389 e. The molecule has 0 saturated carbocycles. The fourth-order valence-electron chi connectivity index (χ4n) is 1.75. The zero-order valence-corrected chi connectivity index (χ0v) is 9.93. The van der Waals surface area contributed by atoms with Gasteiger partial charge in [0.1, 0.15) is 0 Å². The van der Waals surface area contributed by atoms with Crippen LogP contribution in [0.2, 0.25) is 0 Å². The Hall–Kier alpha value is -1.43. The van der Waals surface area contributed by atoms with E-state index in [-0.39, 0.29) is 12.0 Å². The van der Waals surface area contributed by atoms with E-state index in [0.717, 1.165) is 12.8 Å². The Morgan fingerprint density at radius 3 is 2.94 bits per heavy atom. The Morgan fingerprint density at radius 2 is 2.29 bits per heavy atom. The first-order valence-electron chi connectivity index (χ1n) is 5.96. The molecule has 0 atom stereocenters. The summed E-state index contributed by atoms with van der Waals surface area (Å²) in [6, 6.07) is 0. The smallest absolute Gasteiger partial charge is 0.227 e. The second-order valence-electron chi connectivity index (χ2n) is 4.31. The molecular formula is C11H17N3O3. The predicted octanol–water partition coefficient (Wildman–Crippen LogP) is 0.158. The summed E-state index contributed by atoms with van der Waals surface area (Å²) in [6.45, 7) is 2.95. The van der Waals surface area contributed by atoms with Crippen molar-refractivity contribution in [3.8, 4) is 0 Å². The number of amides is 1. The maximum atomic E-state index is 11.6. The summed E-state index contributed by atoms with van der Waals surface area (Å²) in [5, 5.41) is 12.9. The van der Waals surface area contributed by atoms with E-state index in [9.17, 15) is 4.79 Å². The molecule has 2 heterocycles. The molecule has 0 aromatic carbocycles. The van der Waals surface area contributed by atoms with Gasteiger partial charge in [-0.2, -0.15) is 4.98 Å². The van der Waals surface area contributed by atoms with Gasteiger partial charge in [0.25, 0.3) is 0 Å². The van der Waals surface area contributed by atoms with Gasteiger partial charge in [0.05, 0.1) is 6.10 Å². The molecule has 6 heteroatoms. The van der Waals surface area contributed by atoms with Crippen LogP contribution in [0.4, 0.5) is 0 Å². The van der Waals surface area contributed by atoms with E-state index in [0.29, 0.717) is 37.6 Å². The highest BCUT2D eigenvalue weighted by atomic mass is 16.5. The van der Waals surface area contributed by atoms with Gasteiger partial charge in [0, 0.05) is 32.4 Å². The van der Waals surface area contributed by atoms with E-state index >= 15 is 0 Å². The molecular weight excluding hydrogens is 222 g/mol. The van der Waals surface area contributed by atoms with Crippen molar-refractivity contribution in [3.05, 3.63) is 11.7 Å². The van der Waals surface area contributed by atoms with E-state index in [1.165, 1.54) is 0 Å². The van der Waals surface area contributed by atoms with E-state index < -0.39 is 0 Å². The number of carbonyl (C=O) groups is 1. The molecule has 0 radical (unpaired) electrons. The van der Waals surface area contributed by atoms with Crippen LogP contribution in [0.5, 0.6) is 0 Å². The lowest BCUT2D eigenvalue weighted by atomic mass is 10.1. The Bertz CT molecular complexity index is 385. The third-order valence-electron chi connectivity index (χ3n) is 2.75. The van der Waals surface area contributed by atoms with Gasteiger partial charge in [0.2, 0.25) is 11.8 Å². The minimum atomic E-state index is -0.349. The molecule has 1 aromatic heterocycles. The summed E-state index contributed by atoms with van der Waals surface area (Å²) in [5.74, 6) is 1.25. The van der Waals surface area contributed by atoms with Gasteiger partial charge >= 0.3 is 0 Å². The summed E-state index contributed by atoms with van der Waals surface area (Å²) in [7, 11) is 0. The Morgan fingerprint density at radius 1 is 1.53 bits per heavy atom. The molecule has 1 aromatic rings. The van der Waals surface area contributed by atoms with Crippen LogP contribution in [0.15, 0.2) is 4.52 Å². The number of aliphatic hydroxyl groups excluding tert-OH is 1. The highest BCUT2D eigenvalue weighted by Crippen LogP contribution is 2.11. The maximum Gasteiger partial charge on any atom is 0.227 e. The lowest BCUT2D eigenvalue weighted by Crippen LogP contribution is -2.53. The average molecular weight is 239 g/mol. The van der Waals surface area contributed by atoms with Gasteiger partial charge in [-0.05, 0) is 6.42 Å². The summed E-state index contributed by atoms with van der Waals surface area (Å²) in [4.78, 5) is 17.4.